The first kappa shape index (κ1) is 15.1. The van der Waals surface area contributed by atoms with Crippen LogP contribution in [-0.4, -0.2) is 22.4 Å². The van der Waals surface area contributed by atoms with Crippen LogP contribution in [0.25, 0.3) is 0 Å². The molecule has 0 amide bonds. The smallest absolute Gasteiger partial charge is 0.328 e. The number of methoxy groups -OCH3 is 1. The molecule has 0 bridgehead atoms. The topological polar surface area (TPSA) is 81.2 Å². The second kappa shape index (κ2) is 5.97. The van der Waals surface area contributed by atoms with E-state index in [0.29, 0.717) is 16.3 Å². The second-order valence-corrected chi connectivity index (χ2v) is 4.78. The van der Waals surface area contributed by atoms with Crippen molar-refractivity contribution in [3.8, 4) is 5.75 Å². The first-order valence-electron chi connectivity index (χ1n) is 6.10. The molecule has 0 aliphatic rings. The average molecular weight is 309 g/mol. The highest BCUT2D eigenvalue weighted by Gasteiger charge is 2.15. The highest BCUT2D eigenvalue weighted by Crippen LogP contribution is 2.26. The van der Waals surface area contributed by atoms with Gasteiger partial charge in [0, 0.05) is 16.8 Å². The molecule has 0 saturated heterocycles. The van der Waals surface area contributed by atoms with Gasteiger partial charge in [0.05, 0.1) is 19.2 Å². The SMILES string of the molecule is COc1cccc(Cl)c1Cn1c(=O)[nH]cc(C(C)=O)c1=O. The lowest BCUT2D eigenvalue weighted by Crippen LogP contribution is -2.38. The standard InChI is InChI=1S/C14H13ClN2O4/c1-8(18)9-6-16-14(20)17(13(9)19)7-10-11(15)4-3-5-12(10)21-2/h3-6H,7H2,1-2H3,(H,16,20). The molecule has 21 heavy (non-hydrogen) atoms. The van der Waals surface area contributed by atoms with Crippen LogP contribution in [0.15, 0.2) is 34.0 Å². The molecular weight excluding hydrogens is 296 g/mol. The third kappa shape index (κ3) is 2.90. The van der Waals surface area contributed by atoms with Crippen molar-refractivity contribution in [3.05, 3.63) is 61.4 Å². The summed E-state index contributed by atoms with van der Waals surface area (Å²) in [5.41, 5.74) is -0.865. The van der Waals surface area contributed by atoms with E-state index in [0.717, 1.165) is 10.8 Å². The number of hydrogen-bond acceptors (Lipinski definition) is 4. The first-order valence-corrected chi connectivity index (χ1v) is 6.48. The van der Waals surface area contributed by atoms with Gasteiger partial charge in [-0.1, -0.05) is 17.7 Å². The predicted octanol–water partition coefficient (Wildman–Crippen LogP) is 1.45. The molecule has 110 valence electrons. The van der Waals surface area contributed by atoms with Crippen LogP contribution < -0.4 is 16.0 Å². The molecule has 1 N–H and O–H groups in total. The number of nitrogens with zero attached hydrogens (tertiary/aromatic N) is 1. The van der Waals surface area contributed by atoms with Crippen LogP contribution in [0.3, 0.4) is 0 Å². The highest BCUT2D eigenvalue weighted by molar-refractivity contribution is 6.31. The zero-order chi connectivity index (χ0) is 15.6. The van der Waals surface area contributed by atoms with E-state index < -0.39 is 17.0 Å². The summed E-state index contributed by atoms with van der Waals surface area (Å²) in [6, 6.07) is 5.01. The quantitative estimate of drug-likeness (QED) is 0.867. The Kier molecular flexibility index (Phi) is 4.28. The summed E-state index contributed by atoms with van der Waals surface area (Å²) in [5, 5.41) is 0.369. The number of aromatic nitrogens is 2. The monoisotopic (exact) mass is 308 g/mol. The Hall–Kier alpha value is -2.34. The maximum absolute atomic E-state index is 12.2. The minimum Gasteiger partial charge on any atom is -0.496 e. The first-order chi connectivity index (χ1) is 9.95. The van der Waals surface area contributed by atoms with E-state index in [1.54, 1.807) is 18.2 Å². The number of ketones is 1. The van der Waals surface area contributed by atoms with Gasteiger partial charge in [-0.3, -0.25) is 14.2 Å². The van der Waals surface area contributed by atoms with Crippen molar-refractivity contribution in [2.24, 2.45) is 0 Å². The Morgan fingerprint density at radius 3 is 2.71 bits per heavy atom. The molecule has 1 aromatic carbocycles. The van der Waals surface area contributed by atoms with Gasteiger partial charge in [-0.2, -0.15) is 0 Å². The summed E-state index contributed by atoms with van der Waals surface area (Å²) >= 11 is 6.09. The molecule has 0 radical (unpaired) electrons. The fraction of sp³-hybridized carbons (Fsp3) is 0.214. The van der Waals surface area contributed by atoms with E-state index in [9.17, 15) is 14.4 Å². The van der Waals surface area contributed by atoms with Crippen molar-refractivity contribution in [1.82, 2.24) is 9.55 Å². The van der Waals surface area contributed by atoms with Gasteiger partial charge in [0.15, 0.2) is 5.78 Å². The minimum atomic E-state index is -0.659. The van der Waals surface area contributed by atoms with Crippen molar-refractivity contribution in [3.63, 3.8) is 0 Å². The van der Waals surface area contributed by atoms with Gasteiger partial charge in [-0.25, -0.2) is 4.79 Å². The van der Waals surface area contributed by atoms with E-state index in [4.69, 9.17) is 16.3 Å². The number of hydrogen-bond donors (Lipinski definition) is 1. The lowest BCUT2D eigenvalue weighted by atomic mass is 10.2. The number of carbonyl (C=O) groups excluding carboxylic acids is 1. The molecule has 1 aromatic heterocycles. The van der Waals surface area contributed by atoms with Gasteiger partial charge in [-0.05, 0) is 19.1 Å². The molecule has 0 fully saturated rings. The van der Waals surface area contributed by atoms with Crippen molar-refractivity contribution in [2.45, 2.75) is 13.5 Å². The van der Waals surface area contributed by atoms with Crippen molar-refractivity contribution >= 4 is 17.4 Å². The normalized spacial score (nSPS) is 10.4. The fourth-order valence-electron chi connectivity index (χ4n) is 1.95. The highest BCUT2D eigenvalue weighted by atomic mass is 35.5. The predicted molar refractivity (Wildman–Crippen MR) is 78.4 cm³/mol. The van der Waals surface area contributed by atoms with Crippen molar-refractivity contribution in [1.29, 1.82) is 0 Å². The van der Waals surface area contributed by atoms with E-state index in [-0.39, 0.29) is 12.1 Å². The van der Waals surface area contributed by atoms with Crippen LogP contribution in [-0.2, 0) is 6.54 Å². The van der Waals surface area contributed by atoms with Crippen molar-refractivity contribution in [2.75, 3.05) is 7.11 Å². The summed E-state index contributed by atoms with van der Waals surface area (Å²) in [7, 11) is 1.47. The molecule has 2 aromatic rings. The Morgan fingerprint density at radius 1 is 1.38 bits per heavy atom. The number of H-pyrrole nitrogens is 1. The summed E-state index contributed by atoms with van der Waals surface area (Å²) in [5.74, 6) is 0.0400. The van der Waals surface area contributed by atoms with E-state index >= 15 is 0 Å². The Bertz CT molecular complexity index is 807. The number of benzene rings is 1. The largest absolute Gasteiger partial charge is 0.496 e. The molecular formula is C14H13ClN2O4. The average Bonchev–Trinajstić information content (AvgIpc) is 2.44. The van der Waals surface area contributed by atoms with Crippen molar-refractivity contribution < 1.29 is 9.53 Å². The molecule has 0 aliphatic heterocycles. The Labute approximate surface area is 124 Å². The lowest BCUT2D eigenvalue weighted by Gasteiger charge is -2.11. The molecule has 6 nitrogen and oxygen atoms in total. The molecule has 0 saturated carbocycles. The van der Waals surface area contributed by atoms with Gasteiger partial charge in [-0.15, -0.1) is 0 Å². The van der Waals surface area contributed by atoms with Gasteiger partial charge in [0.2, 0.25) is 0 Å². The van der Waals surface area contributed by atoms with Crippen LogP contribution >= 0.6 is 11.6 Å². The number of carbonyl (C=O) groups is 1. The molecule has 0 spiro atoms. The third-order valence-corrected chi connectivity index (χ3v) is 3.41. The Balaban J connectivity index is 2.60. The molecule has 0 unspecified atom stereocenters. The number of nitrogens with one attached hydrogen (secondary N) is 1. The third-order valence-electron chi connectivity index (χ3n) is 3.05. The number of ether oxygens (including phenoxy) is 1. The zero-order valence-electron chi connectivity index (χ0n) is 11.5. The second-order valence-electron chi connectivity index (χ2n) is 4.38. The van der Waals surface area contributed by atoms with E-state index in [1.807, 2.05) is 0 Å². The van der Waals surface area contributed by atoms with E-state index in [1.165, 1.54) is 14.0 Å². The van der Waals surface area contributed by atoms with Crippen LogP contribution in [0.5, 0.6) is 5.75 Å². The number of Topliss-reactive ketones (excluding diaryl/α,β-unsaturated/α-hetero) is 1. The minimum absolute atomic E-state index is 0.0828. The summed E-state index contributed by atoms with van der Waals surface area (Å²) < 4.78 is 6.09. The van der Waals surface area contributed by atoms with Crippen LogP contribution in [0, 0.1) is 0 Å². The molecule has 7 heteroatoms. The molecule has 2 rings (SSSR count). The lowest BCUT2D eigenvalue weighted by molar-refractivity contribution is 0.101. The Morgan fingerprint density at radius 2 is 2.10 bits per heavy atom. The summed E-state index contributed by atoms with van der Waals surface area (Å²) in [4.78, 5) is 37.8. The van der Waals surface area contributed by atoms with Crippen LogP contribution in [0.1, 0.15) is 22.8 Å². The number of halogens is 1. The maximum atomic E-state index is 12.2. The van der Waals surface area contributed by atoms with Gasteiger partial charge < -0.3 is 9.72 Å². The van der Waals surface area contributed by atoms with Crippen LogP contribution in [0.2, 0.25) is 5.02 Å². The summed E-state index contributed by atoms with van der Waals surface area (Å²) in [6.07, 6.45) is 1.12. The van der Waals surface area contributed by atoms with Gasteiger partial charge in [0.25, 0.3) is 5.56 Å². The fourth-order valence-corrected chi connectivity index (χ4v) is 2.17. The van der Waals surface area contributed by atoms with Crippen LogP contribution in [0.4, 0.5) is 0 Å². The molecule has 1 heterocycles. The molecule has 0 aliphatic carbocycles. The van der Waals surface area contributed by atoms with Gasteiger partial charge in [0.1, 0.15) is 5.75 Å². The molecule has 0 atom stereocenters. The number of rotatable bonds is 4. The maximum Gasteiger partial charge on any atom is 0.328 e. The zero-order valence-corrected chi connectivity index (χ0v) is 12.2. The van der Waals surface area contributed by atoms with Gasteiger partial charge >= 0.3 is 5.69 Å². The van der Waals surface area contributed by atoms with E-state index in [2.05, 4.69) is 4.98 Å². The summed E-state index contributed by atoms with van der Waals surface area (Å²) in [6.45, 7) is 1.17. The number of aromatic amines is 1.